The van der Waals surface area contributed by atoms with Gasteiger partial charge in [0.15, 0.2) is 5.65 Å². The zero-order chi connectivity index (χ0) is 12.7. The van der Waals surface area contributed by atoms with Crippen LogP contribution in [0.25, 0.3) is 5.65 Å². The molecule has 1 aliphatic rings. The number of aromatic nitrogens is 4. The number of aryl methyl sites for hydroxylation is 1. The number of nitrogens with two attached hydrogens (primary N) is 1. The SMILES string of the molecule is Cn1nc2ccc(N3CCC[C@@H](N)C3)nn2c1=O. The molecule has 96 valence electrons. The highest BCUT2D eigenvalue weighted by molar-refractivity contribution is 5.45. The summed E-state index contributed by atoms with van der Waals surface area (Å²) in [5, 5.41) is 8.42. The molecule has 0 saturated carbocycles. The molecule has 1 atom stereocenters. The van der Waals surface area contributed by atoms with Crippen molar-refractivity contribution >= 4 is 11.5 Å². The molecule has 3 heterocycles. The number of hydrogen-bond donors (Lipinski definition) is 1. The molecule has 0 bridgehead atoms. The summed E-state index contributed by atoms with van der Waals surface area (Å²) in [5.41, 5.74) is 6.29. The Bertz CT molecular complexity index is 630. The van der Waals surface area contributed by atoms with Crippen LogP contribution in [0.5, 0.6) is 0 Å². The van der Waals surface area contributed by atoms with Gasteiger partial charge in [-0.05, 0) is 25.0 Å². The van der Waals surface area contributed by atoms with Gasteiger partial charge in [-0.3, -0.25) is 0 Å². The molecule has 0 radical (unpaired) electrons. The molecular weight excluding hydrogens is 232 g/mol. The van der Waals surface area contributed by atoms with Gasteiger partial charge in [0.05, 0.1) is 0 Å². The minimum absolute atomic E-state index is 0.182. The first-order valence-corrected chi connectivity index (χ1v) is 6.09. The van der Waals surface area contributed by atoms with Gasteiger partial charge in [0.1, 0.15) is 5.82 Å². The summed E-state index contributed by atoms with van der Waals surface area (Å²) in [5.74, 6) is 0.785. The smallest absolute Gasteiger partial charge is 0.354 e. The third-order valence-electron chi connectivity index (χ3n) is 3.29. The minimum atomic E-state index is -0.229. The zero-order valence-corrected chi connectivity index (χ0v) is 10.3. The quantitative estimate of drug-likeness (QED) is 0.725. The van der Waals surface area contributed by atoms with Gasteiger partial charge in [0.2, 0.25) is 0 Å². The van der Waals surface area contributed by atoms with Crippen LogP contribution in [0.15, 0.2) is 16.9 Å². The summed E-state index contributed by atoms with van der Waals surface area (Å²) < 4.78 is 2.61. The van der Waals surface area contributed by atoms with E-state index in [4.69, 9.17) is 5.73 Å². The molecule has 2 aromatic heterocycles. The molecule has 1 saturated heterocycles. The predicted molar refractivity (Wildman–Crippen MR) is 67.7 cm³/mol. The number of hydrogen-bond acceptors (Lipinski definition) is 5. The summed E-state index contributed by atoms with van der Waals surface area (Å²) in [6.45, 7) is 1.72. The Labute approximate surface area is 104 Å². The number of fused-ring (bicyclic) bond motifs is 1. The van der Waals surface area contributed by atoms with Crippen molar-refractivity contribution in [2.24, 2.45) is 12.8 Å². The molecule has 0 aliphatic carbocycles. The molecule has 7 nitrogen and oxygen atoms in total. The summed E-state index contributed by atoms with van der Waals surface area (Å²) in [4.78, 5) is 13.9. The normalized spacial score (nSPS) is 20.6. The first-order chi connectivity index (χ1) is 8.65. The number of rotatable bonds is 1. The van der Waals surface area contributed by atoms with Gasteiger partial charge in [-0.25, -0.2) is 9.48 Å². The van der Waals surface area contributed by atoms with Crippen molar-refractivity contribution in [3.63, 3.8) is 0 Å². The standard InChI is InChI=1S/C11H16N6O/c1-15-11(18)17-10(13-15)5-4-9(14-17)16-6-2-3-8(12)7-16/h4-5,8H,2-3,6-7,12H2,1H3/t8-/m1/s1. The molecule has 3 rings (SSSR count). The van der Waals surface area contributed by atoms with Gasteiger partial charge in [-0.15, -0.1) is 10.2 Å². The van der Waals surface area contributed by atoms with E-state index in [-0.39, 0.29) is 11.7 Å². The van der Waals surface area contributed by atoms with E-state index in [1.165, 1.54) is 9.20 Å². The largest absolute Gasteiger partial charge is 0.366 e. The van der Waals surface area contributed by atoms with Gasteiger partial charge in [0.25, 0.3) is 0 Å². The fourth-order valence-corrected chi connectivity index (χ4v) is 2.34. The van der Waals surface area contributed by atoms with Crippen molar-refractivity contribution in [2.75, 3.05) is 18.0 Å². The van der Waals surface area contributed by atoms with Crippen LogP contribution < -0.4 is 16.3 Å². The fourth-order valence-electron chi connectivity index (χ4n) is 2.34. The molecule has 2 aromatic rings. The maximum absolute atomic E-state index is 11.8. The van der Waals surface area contributed by atoms with Crippen LogP contribution in [0.2, 0.25) is 0 Å². The van der Waals surface area contributed by atoms with E-state index in [2.05, 4.69) is 15.1 Å². The highest BCUT2D eigenvalue weighted by atomic mass is 16.2. The Kier molecular flexibility index (Phi) is 2.55. The molecule has 0 spiro atoms. The van der Waals surface area contributed by atoms with Crippen molar-refractivity contribution in [1.29, 1.82) is 0 Å². The van der Waals surface area contributed by atoms with Crippen LogP contribution in [0.4, 0.5) is 5.82 Å². The third-order valence-corrected chi connectivity index (χ3v) is 3.29. The Morgan fingerprint density at radius 1 is 1.39 bits per heavy atom. The van der Waals surface area contributed by atoms with E-state index in [1.807, 2.05) is 12.1 Å². The van der Waals surface area contributed by atoms with Gasteiger partial charge in [0, 0.05) is 26.2 Å². The van der Waals surface area contributed by atoms with E-state index >= 15 is 0 Å². The van der Waals surface area contributed by atoms with Crippen molar-refractivity contribution in [2.45, 2.75) is 18.9 Å². The van der Waals surface area contributed by atoms with Crippen molar-refractivity contribution in [1.82, 2.24) is 19.4 Å². The first kappa shape index (κ1) is 11.2. The summed E-state index contributed by atoms with van der Waals surface area (Å²) in [7, 11) is 1.62. The third kappa shape index (κ3) is 1.76. The Balaban J connectivity index is 2.02. The van der Waals surface area contributed by atoms with Crippen molar-refractivity contribution in [3.05, 3.63) is 22.6 Å². The average Bonchev–Trinajstić information content (AvgIpc) is 2.65. The monoisotopic (exact) mass is 248 g/mol. The number of anilines is 1. The Hall–Kier alpha value is -1.89. The van der Waals surface area contributed by atoms with Crippen molar-refractivity contribution < 1.29 is 0 Å². The van der Waals surface area contributed by atoms with Crippen molar-refractivity contribution in [3.8, 4) is 0 Å². The second kappa shape index (κ2) is 4.09. The van der Waals surface area contributed by atoms with Crippen LogP contribution in [0.3, 0.4) is 0 Å². The lowest BCUT2D eigenvalue weighted by atomic mass is 10.1. The van der Waals surface area contributed by atoms with Crippen LogP contribution in [0, 0.1) is 0 Å². The molecule has 18 heavy (non-hydrogen) atoms. The fraction of sp³-hybridized carbons (Fsp3) is 0.545. The zero-order valence-electron chi connectivity index (χ0n) is 10.3. The maximum Gasteiger partial charge on any atom is 0.366 e. The van der Waals surface area contributed by atoms with Gasteiger partial charge in [-0.1, -0.05) is 0 Å². The molecule has 7 heteroatoms. The van der Waals surface area contributed by atoms with Gasteiger partial charge < -0.3 is 10.6 Å². The van der Waals surface area contributed by atoms with E-state index in [9.17, 15) is 4.79 Å². The lowest BCUT2D eigenvalue weighted by Crippen LogP contribution is -2.43. The van der Waals surface area contributed by atoms with Gasteiger partial charge in [-0.2, -0.15) is 4.52 Å². The van der Waals surface area contributed by atoms with Crippen LogP contribution in [-0.4, -0.2) is 38.5 Å². The summed E-state index contributed by atoms with van der Waals surface area (Å²) in [6, 6.07) is 3.88. The minimum Gasteiger partial charge on any atom is -0.354 e. The molecule has 1 aliphatic heterocycles. The Morgan fingerprint density at radius 3 is 3.00 bits per heavy atom. The predicted octanol–water partition coefficient (Wildman–Crippen LogP) is -0.644. The lowest BCUT2D eigenvalue weighted by molar-refractivity contribution is 0.501. The second-order valence-corrected chi connectivity index (χ2v) is 4.72. The molecular formula is C11H16N6O. The molecule has 0 amide bonds. The first-order valence-electron chi connectivity index (χ1n) is 6.09. The second-order valence-electron chi connectivity index (χ2n) is 4.72. The highest BCUT2D eigenvalue weighted by Gasteiger charge is 2.18. The maximum atomic E-state index is 11.8. The van der Waals surface area contributed by atoms with E-state index in [0.29, 0.717) is 5.65 Å². The van der Waals surface area contributed by atoms with Crippen LogP contribution in [0.1, 0.15) is 12.8 Å². The summed E-state index contributed by atoms with van der Waals surface area (Å²) >= 11 is 0. The topological polar surface area (TPSA) is 81.4 Å². The van der Waals surface area contributed by atoms with E-state index in [1.54, 1.807) is 7.05 Å². The van der Waals surface area contributed by atoms with Gasteiger partial charge >= 0.3 is 5.69 Å². The molecule has 0 aromatic carbocycles. The molecule has 0 unspecified atom stereocenters. The lowest BCUT2D eigenvalue weighted by Gasteiger charge is -2.31. The van der Waals surface area contributed by atoms with Crippen LogP contribution in [-0.2, 0) is 7.05 Å². The molecule has 1 fully saturated rings. The average molecular weight is 248 g/mol. The van der Waals surface area contributed by atoms with E-state index < -0.39 is 0 Å². The number of piperidine rings is 1. The summed E-state index contributed by atoms with van der Waals surface area (Å²) in [6.07, 6.45) is 2.11. The molecule has 2 N–H and O–H groups in total. The number of nitrogens with zero attached hydrogens (tertiary/aromatic N) is 5. The highest BCUT2D eigenvalue weighted by Crippen LogP contribution is 2.16. The Morgan fingerprint density at radius 2 is 2.22 bits per heavy atom. The van der Waals surface area contributed by atoms with E-state index in [0.717, 1.165) is 31.7 Å². The van der Waals surface area contributed by atoms with Crippen LogP contribution >= 0.6 is 0 Å².